The second kappa shape index (κ2) is 14.5. The molecule has 13 N–H and O–H groups in total. The lowest BCUT2D eigenvalue weighted by Gasteiger charge is -2.40. The maximum atomic E-state index is 12.4. The van der Waals surface area contributed by atoms with Gasteiger partial charge in [0.15, 0.2) is 6.10 Å². The number of para-hydroxylation sites is 1. The van der Waals surface area contributed by atoms with Gasteiger partial charge in [0.2, 0.25) is 12.6 Å². The highest BCUT2D eigenvalue weighted by atomic mass is 16.8. The third-order valence-electron chi connectivity index (χ3n) is 6.04. The lowest BCUT2D eigenvalue weighted by atomic mass is 9.93. The highest BCUT2D eigenvalue weighted by Gasteiger charge is 2.49. The minimum Gasteiger partial charge on any atom is -0.461 e. The second-order valence-electron chi connectivity index (χ2n) is 8.80. The number of benzene rings is 1. The van der Waals surface area contributed by atoms with Crippen LogP contribution in [0.15, 0.2) is 24.3 Å². The van der Waals surface area contributed by atoms with E-state index in [2.05, 4.69) is 0 Å². The average molecular weight is 570 g/mol. The summed E-state index contributed by atoms with van der Waals surface area (Å²) < 4.78 is 15.3. The van der Waals surface area contributed by atoms with Crippen molar-refractivity contribution < 1.29 is 85.4 Å². The van der Waals surface area contributed by atoms with Gasteiger partial charge >= 0.3 is 5.97 Å². The topological polar surface area (TPSA) is 308 Å². The average Bonchev–Trinajstić information content (AvgIpc) is 2.95. The number of rotatable bonds is 13. The Kier molecular flexibility index (Phi) is 12.3. The van der Waals surface area contributed by atoms with Crippen molar-refractivity contribution >= 4 is 5.97 Å². The highest BCUT2D eigenvalue weighted by Crippen LogP contribution is 2.27. The minimum absolute atomic E-state index is 0.00246. The fourth-order valence-corrected chi connectivity index (χ4v) is 3.54. The normalized spacial score (nSPS) is 29.8. The molecule has 0 bridgehead atoms. The fourth-order valence-electron chi connectivity index (χ4n) is 3.54. The summed E-state index contributed by atoms with van der Waals surface area (Å²) in [4.78, 5) is 12.4. The van der Waals surface area contributed by atoms with E-state index in [1.165, 1.54) is 18.2 Å². The van der Waals surface area contributed by atoms with Crippen LogP contribution in [0.25, 0.3) is 0 Å². The van der Waals surface area contributed by atoms with E-state index in [0.29, 0.717) is 0 Å². The quantitative estimate of drug-likeness (QED) is 0.0979. The first-order valence-corrected chi connectivity index (χ1v) is 11.6. The largest absolute Gasteiger partial charge is 0.461 e. The molecular weight excluding hydrogens is 536 g/mol. The van der Waals surface area contributed by atoms with E-state index in [1.54, 1.807) is 6.07 Å². The summed E-state index contributed by atoms with van der Waals surface area (Å²) in [7, 11) is 0. The molecule has 1 aromatic carbocycles. The third kappa shape index (κ3) is 7.78. The van der Waals surface area contributed by atoms with E-state index >= 15 is 0 Å². The number of hydrogen-bond acceptors (Lipinski definition) is 17. The van der Waals surface area contributed by atoms with Crippen molar-refractivity contribution in [2.75, 3.05) is 6.61 Å². The smallest absolute Gasteiger partial charge is 0.340 e. The molecule has 224 valence electrons. The molecule has 17 nitrogen and oxygen atoms in total. The Balaban J connectivity index is 2.07. The predicted molar refractivity (Wildman–Crippen MR) is 121 cm³/mol. The van der Waals surface area contributed by atoms with Gasteiger partial charge in [-0.3, -0.25) is 4.74 Å². The zero-order chi connectivity index (χ0) is 29.6. The van der Waals surface area contributed by atoms with Crippen molar-refractivity contribution in [3.63, 3.8) is 0 Å². The van der Waals surface area contributed by atoms with E-state index in [-0.39, 0.29) is 11.3 Å². The maximum Gasteiger partial charge on any atom is 0.340 e. The molecule has 8 unspecified atom stereocenters. The molecule has 2 rings (SSSR count). The Morgan fingerprint density at radius 1 is 0.744 bits per heavy atom. The molecule has 1 aromatic rings. The van der Waals surface area contributed by atoms with Crippen LogP contribution >= 0.6 is 0 Å². The van der Waals surface area contributed by atoms with Gasteiger partial charge in [0.05, 0.1) is 13.2 Å². The van der Waals surface area contributed by atoms with Gasteiger partial charge in [-0.1, -0.05) is 18.2 Å². The summed E-state index contributed by atoms with van der Waals surface area (Å²) >= 11 is 0. The van der Waals surface area contributed by atoms with Crippen LogP contribution in [0.4, 0.5) is 0 Å². The van der Waals surface area contributed by atoms with Gasteiger partial charge < -0.3 is 75.9 Å². The van der Waals surface area contributed by atoms with Crippen molar-refractivity contribution in [2.45, 2.75) is 86.3 Å². The van der Waals surface area contributed by atoms with Crippen molar-refractivity contribution in [3.05, 3.63) is 29.8 Å². The van der Waals surface area contributed by atoms with Gasteiger partial charge in [-0.25, -0.2) is 4.79 Å². The monoisotopic (exact) mass is 570 g/mol. The minimum atomic E-state index is -2.69. The van der Waals surface area contributed by atoms with E-state index < -0.39 is 98.9 Å². The number of hydrogen-bond donors (Lipinski definition) is 13. The van der Waals surface area contributed by atoms with E-state index in [0.717, 1.165) is 0 Å². The summed E-state index contributed by atoms with van der Waals surface area (Å²) in [6, 6.07) is 5.92. The second-order valence-corrected chi connectivity index (χ2v) is 8.80. The number of carbonyl (C=O) groups is 1. The Labute approximate surface area is 220 Å². The molecule has 1 fully saturated rings. The Morgan fingerprint density at radius 2 is 1.26 bits per heavy atom. The molecule has 0 aliphatic carbocycles. The molecule has 1 saturated heterocycles. The number of ether oxygens (including phenoxy) is 3. The molecule has 1 aliphatic heterocycles. The number of esters is 1. The van der Waals surface area contributed by atoms with Crippen LogP contribution in [0, 0.1) is 0 Å². The lowest BCUT2D eigenvalue weighted by molar-refractivity contribution is -0.326. The van der Waals surface area contributed by atoms with Gasteiger partial charge in [0, 0.05) is 5.56 Å². The van der Waals surface area contributed by atoms with Crippen LogP contribution in [0.5, 0.6) is 5.75 Å². The first-order valence-electron chi connectivity index (χ1n) is 11.6. The van der Waals surface area contributed by atoms with Crippen molar-refractivity contribution in [3.8, 4) is 5.75 Å². The standard InChI is InChI=1S/C22H34O17/c23-5-7-3-1-2-4-9(7)37-21-18(34)16(32)19(35)22(39-21)38-20(36)17(33)15(31)14(30)13(29)12(28)11(27)10(26)8(25)6-24/h1-4,8,10-19,21-35H,5-6H2/t8?,10?,11?,12?,13?,14?,15?,16-,17?,18-,19+,21-,22+/m1/s1. The zero-order valence-corrected chi connectivity index (χ0v) is 20.2. The van der Waals surface area contributed by atoms with Crippen LogP contribution in [-0.4, -0.2) is 159 Å². The molecule has 39 heavy (non-hydrogen) atoms. The first-order chi connectivity index (χ1) is 18.3. The molecule has 0 saturated carbocycles. The maximum absolute atomic E-state index is 12.4. The van der Waals surface area contributed by atoms with Gasteiger partial charge in [-0.05, 0) is 6.07 Å². The molecule has 0 aromatic heterocycles. The summed E-state index contributed by atoms with van der Waals surface area (Å²) in [5.41, 5.74) is 0.249. The molecule has 1 aliphatic rings. The van der Waals surface area contributed by atoms with Crippen molar-refractivity contribution in [1.82, 2.24) is 0 Å². The first kappa shape index (κ1) is 33.1. The van der Waals surface area contributed by atoms with Crippen LogP contribution in [-0.2, 0) is 20.9 Å². The zero-order valence-electron chi connectivity index (χ0n) is 20.2. The highest BCUT2D eigenvalue weighted by molar-refractivity contribution is 5.75. The molecule has 0 radical (unpaired) electrons. The number of carbonyl (C=O) groups excluding carboxylic acids is 1. The summed E-state index contributed by atoms with van der Waals surface area (Å²) in [5.74, 6) is -1.79. The predicted octanol–water partition coefficient (Wildman–Crippen LogP) is -7.25. The molecule has 17 heteroatoms. The Bertz CT molecular complexity index is 903. The van der Waals surface area contributed by atoms with Crippen molar-refractivity contribution in [1.29, 1.82) is 0 Å². The van der Waals surface area contributed by atoms with Crippen LogP contribution < -0.4 is 4.74 Å². The molecule has 0 spiro atoms. The van der Waals surface area contributed by atoms with Gasteiger partial charge in [0.25, 0.3) is 0 Å². The van der Waals surface area contributed by atoms with Crippen LogP contribution in [0.2, 0.25) is 0 Å². The molecular formula is C22H34O17. The molecule has 1 heterocycles. The summed E-state index contributed by atoms with van der Waals surface area (Å²) in [6.07, 6.45) is -29.3. The fraction of sp³-hybridized carbons (Fsp3) is 0.682. The number of aliphatic hydroxyl groups is 13. The van der Waals surface area contributed by atoms with Crippen LogP contribution in [0.3, 0.4) is 0 Å². The van der Waals surface area contributed by atoms with Gasteiger partial charge in [0.1, 0.15) is 66.8 Å². The van der Waals surface area contributed by atoms with E-state index in [1.807, 2.05) is 0 Å². The Hall–Kier alpha value is -2.07. The molecule has 0 amide bonds. The van der Waals surface area contributed by atoms with E-state index in [9.17, 15) is 66.1 Å². The number of aliphatic hydroxyl groups excluding tert-OH is 13. The Morgan fingerprint density at radius 3 is 1.82 bits per heavy atom. The van der Waals surface area contributed by atoms with Gasteiger partial charge in [-0.15, -0.1) is 0 Å². The summed E-state index contributed by atoms with van der Waals surface area (Å²) in [5, 5.41) is 128. The SMILES string of the molecule is O=C(O[C@H]1O[C@@H](Oc2ccccc2CO)[C@H](O)[C@@H](O)[C@@H]1O)C(O)C(O)C(O)C(O)C(O)C(O)C(O)C(O)CO. The third-order valence-corrected chi connectivity index (χ3v) is 6.04. The lowest BCUT2D eigenvalue weighted by Crippen LogP contribution is -2.61. The van der Waals surface area contributed by atoms with E-state index in [4.69, 9.17) is 19.3 Å². The summed E-state index contributed by atoms with van der Waals surface area (Å²) in [6.45, 7) is -1.52. The van der Waals surface area contributed by atoms with Crippen molar-refractivity contribution in [2.24, 2.45) is 0 Å². The van der Waals surface area contributed by atoms with Gasteiger partial charge in [-0.2, -0.15) is 0 Å². The van der Waals surface area contributed by atoms with Crippen LogP contribution in [0.1, 0.15) is 5.56 Å². The molecule has 13 atom stereocenters.